The van der Waals surface area contributed by atoms with Gasteiger partial charge in [0, 0.05) is 10.6 Å². The normalized spacial score (nSPS) is 11.9. The van der Waals surface area contributed by atoms with E-state index < -0.39 is 11.7 Å². The van der Waals surface area contributed by atoms with Crippen LogP contribution in [0.2, 0.25) is 5.02 Å². The summed E-state index contributed by atoms with van der Waals surface area (Å²) < 4.78 is 46.4. The third kappa shape index (κ3) is 3.63. The van der Waals surface area contributed by atoms with Crippen LogP contribution in [0, 0.1) is 0 Å². The molecule has 0 atom stereocenters. The predicted octanol–water partition coefficient (Wildman–Crippen LogP) is 5.73. The van der Waals surface area contributed by atoms with Gasteiger partial charge in [-0.2, -0.15) is 18.2 Å². The number of hydrogen-bond donors (Lipinski definition) is 0. The molecule has 0 aliphatic rings. The molecule has 0 unspecified atom stereocenters. The zero-order valence-electron chi connectivity index (χ0n) is 13.6. The van der Waals surface area contributed by atoms with Crippen molar-refractivity contribution in [2.24, 2.45) is 0 Å². The molecule has 0 aliphatic carbocycles. The first-order valence-electron chi connectivity index (χ1n) is 7.78. The maximum Gasteiger partial charge on any atom is 0.416 e. The molecule has 9 heteroatoms. The fourth-order valence-electron chi connectivity index (χ4n) is 2.63. The molecule has 0 bridgehead atoms. The van der Waals surface area contributed by atoms with Gasteiger partial charge in [0.1, 0.15) is 12.9 Å². The Morgan fingerprint density at radius 2 is 1.96 bits per heavy atom. The topological polar surface area (TPSA) is 39.9 Å². The number of fused-ring (bicyclic) bond motifs is 1. The molecule has 27 heavy (non-hydrogen) atoms. The summed E-state index contributed by atoms with van der Waals surface area (Å²) in [6.45, 7) is -0.227. The van der Waals surface area contributed by atoms with Crippen LogP contribution < -0.4 is 4.74 Å². The summed E-state index contributed by atoms with van der Waals surface area (Å²) in [6.07, 6.45) is -2.81. The minimum absolute atomic E-state index is 0.0550. The summed E-state index contributed by atoms with van der Waals surface area (Å²) in [7, 11) is 0. The minimum Gasteiger partial charge on any atom is -0.472 e. The highest BCUT2D eigenvalue weighted by molar-refractivity contribution is 7.12. The van der Waals surface area contributed by atoms with E-state index in [1.54, 1.807) is 40.5 Å². The van der Waals surface area contributed by atoms with Gasteiger partial charge in [-0.25, -0.2) is 4.98 Å². The average molecular weight is 410 g/mol. The molecule has 4 nitrogen and oxygen atoms in total. The molecule has 2 aromatic carbocycles. The summed E-state index contributed by atoms with van der Waals surface area (Å²) >= 11 is 7.33. The Morgan fingerprint density at radius 3 is 2.78 bits per heavy atom. The smallest absolute Gasteiger partial charge is 0.416 e. The van der Waals surface area contributed by atoms with Crippen molar-refractivity contribution in [3.8, 4) is 11.0 Å². The van der Waals surface area contributed by atoms with Crippen molar-refractivity contribution >= 4 is 34.0 Å². The van der Waals surface area contributed by atoms with Gasteiger partial charge in [0.15, 0.2) is 5.13 Å². The number of halogens is 4. The molecular formula is C18H11ClF3N3OS. The van der Waals surface area contributed by atoms with E-state index in [0.717, 1.165) is 17.1 Å². The Kier molecular flexibility index (Phi) is 4.53. The van der Waals surface area contributed by atoms with Crippen molar-refractivity contribution in [3.05, 3.63) is 70.3 Å². The van der Waals surface area contributed by atoms with Gasteiger partial charge in [-0.15, -0.1) is 11.3 Å². The Labute approximate surface area is 160 Å². The Morgan fingerprint density at radius 1 is 1.15 bits per heavy atom. The van der Waals surface area contributed by atoms with Crippen molar-refractivity contribution in [1.29, 1.82) is 0 Å². The van der Waals surface area contributed by atoms with Gasteiger partial charge in [-0.1, -0.05) is 29.8 Å². The van der Waals surface area contributed by atoms with E-state index in [9.17, 15) is 13.2 Å². The lowest BCUT2D eigenvalue weighted by Crippen LogP contribution is -2.10. The third-order valence-electron chi connectivity index (χ3n) is 3.88. The molecule has 0 saturated heterocycles. The Hall–Kier alpha value is -2.58. The molecule has 138 valence electrons. The molecule has 0 amide bonds. The summed E-state index contributed by atoms with van der Waals surface area (Å²) in [5, 5.41) is 2.79. The number of rotatable bonds is 4. The molecule has 4 aromatic rings. The van der Waals surface area contributed by atoms with Gasteiger partial charge < -0.3 is 4.74 Å². The molecule has 0 saturated carbocycles. The maximum absolute atomic E-state index is 13.1. The van der Waals surface area contributed by atoms with Crippen molar-refractivity contribution in [2.45, 2.75) is 12.8 Å². The lowest BCUT2D eigenvalue weighted by molar-refractivity contribution is -0.138. The number of hydrogen-bond acceptors (Lipinski definition) is 4. The Balaban J connectivity index is 1.57. The number of nitrogens with zero attached hydrogens (tertiary/aromatic N) is 3. The largest absolute Gasteiger partial charge is 0.472 e. The lowest BCUT2D eigenvalue weighted by atomic mass is 10.1. The number of benzene rings is 2. The molecule has 2 heterocycles. The second-order valence-corrected chi connectivity index (χ2v) is 6.93. The molecule has 2 aromatic heterocycles. The van der Waals surface area contributed by atoms with Crippen LogP contribution in [0.5, 0.6) is 5.88 Å². The zero-order chi connectivity index (χ0) is 19.0. The second-order valence-electron chi connectivity index (χ2n) is 5.66. The van der Waals surface area contributed by atoms with Crippen molar-refractivity contribution in [2.75, 3.05) is 0 Å². The fraction of sp³-hybridized carbons (Fsp3) is 0.111. The molecule has 0 N–H and O–H groups in total. The monoisotopic (exact) mass is 409 g/mol. The summed E-state index contributed by atoms with van der Waals surface area (Å²) in [5.41, 5.74) is 0.886. The van der Waals surface area contributed by atoms with E-state index >= 15 is 0 Å². The van der Waals surface area contributed by atoms with Crippen LogP contribution in [0.15, 0.2) is 54.2 Å². The number of aromatic nitrogens is 3. The van der Waals surface area contributed by atoms with Crippen LogP contribution >= 0.6 is 22.9 Å². The van der Waals surface area contributed by atoms with Crippen LogP contribution in [0.4, 0.5) is 13.2 Å². The van der Waals surface area contributed by atoms with E-state index in [0.29, 0.717) is 10.2 Å². The lowest BCUT2D eigenvalue weighted by Gasteiger charge is -2.12. The van der Waals surface area contributed by atoms with Gasteiger partial charge in [-0.3, -0.25) is 4.57 Å². The van der Waals surface area contributed by atoms with Crippen LogP contribution in [0.25, 0.3) is 16.2 Å². The first-order valence-corrected chi connectivity index (χ1v) is 9.04. The van der Waals surface area contributed by atoms with Gasteiger partial charge in [0.05, 0.1) is 22.0 Å². The first-order chi connectivity index (χ1) is 12.9. The SMILES string of the molecule is FC(F)(F)c1ccccc1COc1csc(-n2cnc3ccc(Cl)cc32)n1. The van der Waals surface area contributed by atoms with Gasteiger partial charge in [0.2, 0.25) is 5.88 Å². The molecule has 0 spiro atoms. The Bertz CT molecular complexity index is 1110. The molecule has 0 radical (unpaired) electrons. The van der Waals surface area contributed by atoms with E-state index in [-0.39, 0.29) is 18.1 Å². The molecular weight excluding hydrogens is 399 g/mol. The van der Waals surface area contributed by atoms with Gasteiger partial charge in [0.25, 0.3) is 0 Å². The van der Waals surface area contributed by atoms with E-state index in [4.69, 9.17) is 16.3 Å². The number of alkyl halides is 3. The highest BCUT2D eigenvalue weighted by atomic mass is 35.5. The highest BCUT2D eigenvalue weighted by Crippen LogP contribution is 2.32. The number of thiazole rings is 1. The second kappa shape index (κ2) is 6.86. The molecule has 0 fully saturated rings. The van der Waals surface area contributed by atoms with Crippen molar-refractivity contribution in [3.63, 3.8) is 0 Å². The van der Waals surface area contributed by atoms with Crippen LogP contribution in [-0.4, -0.2) is 14.5 Å². The van der Waals surface area contributed by atoms with Crippen LogP contribution in [-0.2, 0) is 12.8 Å². The molecule has 4 rings (SSSR count). The van der Waals surface area contributed by atoms with E-state index in [1.165, 1.54) is 23.5 Å². The minimum atomic E-state index is -4.43. The number of ether oxygens (including phenoxy) is 1. The van der Waals surface area contributed by atoms with E-state index in [1.807, 2.05) is 0 Å². The molecule has 0 aliphatic heterocycles. The van der Waals surface area contributed by atoms with Crippen molar-refractivity contribution in [1.82, 2.24) is 14.5 Å². The zero-order valence-corrected chi connectivity index (χ0v) is 15.1. The van der Waals surface area contributed by atoms with Crippen molar-refractivity contribution < 1.29 is 17.9 Å². The quantitative estimate of drug-likeness (QED) is 0.432. The van der Waals surface area contributed by atoms with Crippen LogP contribution in [0.3, 0.4) is 0 Å². The average Bonchev–Trinajstić information content (AvgIpc) is 3.25. The van der Waals surface area contributed by atoms with Gasteiger partial charge in [-0.05, 0) is 24.3 Å². The maximum atomic E-state index is 13.1. The standard InChI is InChI=1S/C18H11ClF3N3OS/c19-12-5-6-14-15(7-12)25(10-23-14)17-24-16(9-27-17)26-8-11-3-1-2-4-13(11)18(20,21)22/h1-7,9-10H,8H2. The first kappa shape index (κ1) is 17.8. The summed E-state index contributed by atoms with van der Waals surface area (Å²) in [5.74, 6) is 0.246. The van der Waals surface area contributed by atoms with E-state index in [2.05, 4.69) is 9.97 Å². The highest BCUT2D eigenvalue weighted by Gasteiger charge is 2.33. The predicted molar refractivity (Wildman–Crippen MR) is 97.5 cm³/mol. The third-order valence-corrected chi connectivity index (χ3v) is 4.94. The summed E-state index contributed by atoms with van der Waals surface area (Å²) in [4.78, 5) is 8.62. The fourth-order valence-corrected chi connectivity index (χ4v) is 3.53. The van der Waals surface area contributed by atoms with Crippen LogP contribution in [0.1, 0.15) is 11.1 Å². The number of imidazole rings is 1. The van der Waals surface area contributed by atoms with Gasteiger partial charge >= 0.3 is 6.18 Å². The summed E-state index contributed by atoms with van der Waals surface area (Å²) in [6, 6.07) is 10.6.